The highest BCUT2D eigenvalue weighted by Gasteiger charge is 2.30. The van der Waals surface area contributed by atoms with E-state index in [1.807, 2.05) is 0 Å². The van der Waals surface area contributed by atoms with Crippen LogP contribution in [0.3, 0.4) is 0 Å². The van der Waals surface area contributed by atoms with E-state index in [0.29, 0.717) is 5.69 Å². The van der Waals surface area contributed by atoms with Crippen molar-refractivity contribution in [2.24, 2.45) is 0 Å². The van der Waals surface area contributed by atoms with Gasteiger partial charge in [-0.25, -0.2) is 0 Å². The number of carbonyl (C=O) groups excluding carboxylic acids is 1. The zero-order valence-electron chi connectivity index (χ0n) is 8.66. The fraction of sp³-hybridized carbons (Fsp3) is 0.182. The maximum Gasteiger partial charge on any atom is 0.416 e. The third-order valence-corrected chi connectivity index (χ3v) is 2.34. The summed E-state index contributed by atoms with van der Waals surface area (Å²) in [5.41, 5.74) is -0.157. The molecular weight excluding hydrogens is 233 g/mol. The summed E-state index contributed by atoms with van der Waals surface area (Å²) in [5.74, 6) is -0.201. The number of benzene rings is 1. The van der Waals surface area contributed by atoms with Crippen molar-refractivity contribution in [3.05, 3.63) is 42.2 Å². The maximum atomic E-state index is 12.3. The molecule has 1 aromatic carbocycles. The molecule has 0 spiro atoms. The maximum absolute atomic E-state index is 12.3. The first-order valence-corrected chi connectivity index (χ1v) is 4.87. The van der Waals surface area contributed by atoms with E-state index in [1.165, 1.54) is 18.3 Å². The third-order valence-electron chi connectivity index (χ3n) is 2.34. The molecule has 0 atom stereocenters. The monoisotopic (exact) mass is 242 g/mol. The predicted octanol–water partition coefficient (Wildman–Crippen LogP) is 2.11. The minimum Gasteiger partial charge on any atom is -0.337 e. The van der Waals surface area contributed by atoms with Crippen LogP contribution in [0.15, 0.2) is 36.7 Å². The minimum atomic E-state index is -4.34. The Balaban J connectivity index is 2.21. The Hall–Kier alpha value is -1.98. The van der Waals surface area contributed by atoms with Gasteiger partial charge in [-0.2, -0.15) is 13.2 Å². The molecule has 1 N–H and O–H groups in total. The lowest BCUT2D eigenvalue weighted by atomic mass is 10.2. The van der Waals surface area contributed by atoms with Gasteiger partial charge in [-0.15, -0.1) is 0 Å². The molecule has 6 heteroatoms. The molecule has 1 aliphatic heterocycles. The average Bonchev–Trinajstić information content (AvgIpc) is 2.28. The largest absolute Gasteiger partial charge is 0.416 e. The molecule has 0 saturated heterocycles. The van der Waals surface area contributed by atoms with Gasteiger partial charge < -0.3 is 10.2 Å². The van der Waals surface area contributed by atoms with Gasteiger partial charge in [0.25, 0.3) is 0 Å². The Kier molecular flexibility index (Phi) is 2.79. The van der Waals surface area contributed by atoms with Gasteiger partial charge >= 0.3 is 6.18 Å². The lowest BCUT2D eigenvalue weighted by molar-refractivity contribution is -0.137. The summed E-state index contributed by atoms with van der Waals surface area (Å²) in [6.07, 6.45) is -1.29. The number of halogens is 3. The van der Waals surface area contributed by atoms with Crippen LogP contribution in [0.2, 0.25) is 0 Å². The van der Waals surface area contributed by atoms with Crippen LogP contribution in [0.5, 0.6) is 0 Å². The number of rotatable bonds is 1. The third kappa shape index (κ3) is 2.58. The SMILES string of the molecule is O=C1CN(c2ccc(C(F)(F)F)cc2)C=CN1. The van der Waals surface area contributed by atoms with E-state index < -0.39 is 11.7 Å². The van der Waals surface area contributed by atoms with E-state index in [9.17, 15) is 18.0 Å². The molecule has 0 aromatic heterocycles. The van der Waals surface area contributed by atoms with Gasteiger partial charge in [0.2, 0.25) is 5.91 Å². The molecule has 0 bridgehead atoms. The van der Waals surface area contributed by atoms with E-state index in [1.54, 1.807) is 11.1 Å². The number of amides is 1. The van der Waals surface area contributed by atoms with Crippen molar-refractivity contribution in [1.82, 2.24) is 5.32 Å². The standard InChI is InChI=1S/C11H9F3N2O/c12-11(13,14)8-1-3-9(4-2-8)16-6-5-15-10(17)7-16/h1-6H,7H2,(H,15,17). The molecule has 0 fully saturated rings. The smallest absolute Gasteiger partial charge is 0.337 e. The number of anilines is 1. The van der Waals surface area contributed by atoms with Crippen molar-refractivity contribution in [2.45, 2.75) is 6.18 Å². The quantitative estimate of drug-likeness (QED) is 0.818. The fourth-order valence-electron chi connectivity index (χ4n) is 1.49. The molecule has 90 valence electrons. The highest BCUT2D eigenvalue weighted by molar-refractivity contribution is 5.84. The van der Waals surface area contributed by atoms with Gasteiger partial charge in [-0.3, -0.25) is 4.79 Å². The summed E-state index contributed by atoms with van der Waals surface area (Å²) < 4.78 is 37.0. The van der Waals surface area contributed by atoms with Crippen LogP contribution < -0.4 is 10.2 Å². The lowest BCUT2D eigenvalue weighted by Gasteiger charge is -2.23. The molecule has 1 amide bonds. The van der Waals surface area contributed by atoms with E-state index in [-0.39, 0.29) is 12.5 Å². The molecule has 1 aromatic rings. The average molecular weight is 242 g/mol. The van der Waals surface area contributed by atoms with E-state index in [4.69, 9.17) is 0 Å². The molecule has 2 rings (SSSR count). The Morgan fingerprint density at radius 2 is 1.82 bits per heavy atom. The van der Waals surface area contributed by atoms with Gasteiger partial charge in [0.05, 0.1) is 5.56 Å². The molecule has 3 nitrogen and oxygen atoms in total. The Morgan fingerprint density at radius 3 is 2.35 bits per heavy atom. The van der Waals surface area contributed by atoms with Crippen molar-refractivity contribution in [2.75, 3.05) is 11.4 Å². The highest BCUT2D eigenvalue weighted by atomic mass is 19.4. The zero-order valence-corrected chi connectivity index (χ0v) is 8.66. The molecule has 0 unspecified atom stereocenters. The number of hydrogen-bond donors (Lipinski definition) is 1. The molecule has 0 aliphatic carbocycles. The summed E-state index contributed by atoms with van der Waals surface area (Å²) in [6, 6.07) is 4.67. The van der Waals surface area contributed by atoms with E-state index in [0.717, 1.165) is 12.1 Å². The number of alkyl halides is 3. The van der Waals surface area contributed by atoms with Crippen molar-refractivity contribution in [3.8, 4) is 0 Å². The van der Waals surface area contributed by atoms with Gasteiger partial charge in [0.15, 0.2) is 0 Å². The van der Waals surface area contributed by atoms with E-state index >= 15 is 0 Å². The van der Waals surface area contributed by atoms with Crippen LogP contribution in [-0.4, -0.2) is 12.5 Å². The zero-order chi connectivity index (χ0) is 12.5. The van der Waals surface area contributed by atoms with Crippen LogP contribution in [-0.2, 0) is 11.0 Å². The molecule has 0 saturated carbocycles. The second-order valence-corrected chi connectivity index (χ2v) is 3.56. The molecule has 1 heterocycles. The van der Waals surface area contributed by atoms with E-state index in [2.05, 4.69) is 5.32 Å². The van der Waals surface area contributed by atoms with Crippen molar-refractivity contribution in [3.63, 3.8) is 0 Å². The normalized spacial score (nSPS) is 15.9. The van der Waals surface area contributed by atoms with Gasteiger partial charge in [-0.1, -0.05) is 0 Å². The second kappa shape index (κ2) is 4.12. The van der Waals surface area contributed by atoms with Crippen LogP contribution in [0.1, 0.15) is 5.56 Å². The second-order valence-electron chi connectivity index (χ2n) is 3.56. The lowest BCUT2D eigenvalue weighted by Crippen LogP contribution is -2.36. The van der Waals surface area contributed by atoms with Crippen molar-refractivity contribution >= 4 is 11.6 Å². The summed E-state index contributed by atoms with van der Waals surface area (Å²) in [4.78, 5) is 12.7. The van der Waals surface area contributed by atoms with Crippen LogP contribution in [0, 0.1) is 0 Å². The van der Waals surface area contributed by atoms with Crippen molar-refractivity contribution < 1.29 is 18.0 Å². The van der Waals surface area contributed by atoms with Crippen LogP contribution in [0.25, 0.3) is 0 Å². The fourth-order valence-corrected chi connectivity index (χ4v) is 1.49. The first-order valence-electron chi connectivity index (χ1n) is 4.87. The minimum absolute atomic E-state index is 0.0991. The number of hydrogen-bond acceptors (Lipinski definition) is 2. The Bertz CT molecular complexity index is 451. The molecule has 17 heavy (non-hydrogen) atoms. The highest BCUT2D eigenvalue weighted by Crippen LogP contribution is 2.30. The van der Waals surface area contributed by atoms with Crippen LogP contribution >= 0.6 is 0 Å². The number of nitrogens with one attached hydrogen (secondary N) is 1. The summed E-state index contributed by atoms with van der Waals surface area (Å²) in [7, 11) is 0. The molecule has 0 radical (unpaired) electrons. The molecule has 1 aliphatic rings. The summed E-state index contributed by atoms with van der Waals surface area (Å²) >= 11 is 0. The predicted molar refractivity (Wildman–Crippen MR) is 56.1 cm³/mol. The first kappa shape index (κ1) is 11.5. The topological polar surface area (TPSA) is 32.3 Å². The number of carbonyl (C=O) groups is 1. The first-order chi connectivity index (χ1) is 7.97. The Labute approximate surface area is 95.5 Å². The van der Waals surface area contributed by atoms with Crippen molar-refractivity contribution in [1.29, 1.82) is 0 Å². The van der Waals surface area contributed by atoms with Gasteiger partial charge in [-0.05, 0) is 24.3 Å². The van der Waals surface area contributed by atoms with Gasteiger partial charge in [0, 0.05) is 18.1 Å². The van der Waals surface area contributed by atoms with Crippen LogP contribution in [0.4, 0.5) is 18.9 Å². The summed E-state index contributed by atoms with van der Waals surface area (Å²) in [5, 5.41) is 2.48. The number of nitrogens with zero attached hydrogens (tertiary/aromatic N) is 1. The summed E-state index contributed by atoms with van der Waals surface area (Å²) in [6.45, 7) is 0.0991. The Morgan fingerprint density at radius 1 is 1.18 bits per heavy atom. The molecular formula is C11H9F3N2O. The van der Waals surface area contributed by atoms with Gasteiger partial charge in [0.1, 0.15) is 6.54 Å².